The first-order valence-corrected chi connectivity index (χ1v) is 13.4. The van der Waals surface area contributed by atoms with Crippen LogP contribution in [-0.2, 0) is 13.2 Å². The molecular formula is C32H31Cl2NO. The topological polar surface area (TPSA) is 12.5 Å². The van der Waals surface area contributed by atoms with Gasteiger partial charge in [-0.2, -0.15) is 0 Å². The SMILES string of the molecule is Clc1ccc(COc2ccc(CN3CCC(C(c4ccccc4)c4ccccc4)CC3)cc2)c(Cl)c1. The van der Waals surface area contributed by atoms with Crippen LogP contribution >= 0.6 is 23.2 Å². The van der Waals surface area contributed by atoms with Gasteiger partial charge < -0.3 is 4.74 Å². The molecule has 1 aliphatic rings. The molecule has 0 unspecified atom stereocenters. The molecule has 4 aromatic rings. The molecule has 1 aliphatic heterocycles. The summed E-state index contributed by atoms with van der Waals surface area (Å²) in [6.45, 7) is 3.63. The lowest BCUT2D eigenvalue weighted by Crippen LogP contribution is -2.35. The maximum Gasteiger partial charge on any atom is 0.119 e. The minimum atomic E-state index is 0.423. The molecule has 1 saturated heterocycles. The molecular weight excluding hydrogens is 485 g/mol. The van der Waals surface area contributed by atoms with E-state index in [2.05, 4.69) is 77.7 Å². The average Bonchev–Trinajstić information content (AvgIpc) is 2.91. The third-order valence-corrected chi connectivity index (χ3v) is 7.75. The molecule has 5 rings (SSSR count). The molecule has 0 spiro atoms. The van der Waals surface area contributed by atoms with Crippen LogP contribution in [0.5, 0.6) is 5.75 Å². The van der Waals surface area contributed by atoms with Crippen molar-refractivity contribution in [3.05, 3.63) is 135 Å². The molecule has 0 radical (unpaired) electrons. The highest BCUT2D eigenvalue weighted by atomic mass is 35.5. The first-order valence-electron chi connectivity index (χ1n) is 12.6. The van der Waals surface area contributed by atoms with Gasteiger partial charge in [-0.15, -0.1) is 0 Å². The van der Waals surface area contributed by atoms with Crippen LogP contribution in [0.3, 0.4) is 0 Å². The Bertz CT molecular complexity index is 1200. The smallest absolute Gasteiger partial charge is 0.119 e. The average molecular weight is 517 g/mol. The van der Waals surface area contributed by atoms with Crippen LogP contribution < -0.4 is 4.74 Å². The summed E-state index contributed by atoms with van der Waals surface area (Å²) in [5.74, 6) is 1.96. The normalized spacial score (nSPS) is 14.8. The Morgan fingerprint density at radius 3 is 1.94 bits per heavy atom. The number of rotatable bonds is 8. The molecule has 36 heavy (non-hydrogen) atoms. The van der Waals surface area contributed by atoms with Gasteiger partial charge in [-0.25, -0.2) is 0 Å². The van der Waals surface area contributed by atoms with Crippen LogP contribution in [0.15, 0.2) is 103 Å². The zero-order chi connectivity index (χ0) is 24.7. The highest BCUT2D eigenvalue weighted by Gasteiger charge is 2.28. The minimum Gasteiger partial charge on any atom is -0.489 e. The van der Waals surface area contributed by atoms with Crippen LogP contribution in [0.2, 0.25) is 10.0 Å². The van der Waals surface area contributed by atoms with Gasteiger partial charge in [0.1, 0.15) is 12.4 Å². The number of likely N-dealkylation sites (tertiary alicyclic amines) is 1. The number of piperidine rings is 1. The van der Waals surface area contributed by atoms with Gasteiger partial charge in [-0.05, 0) is 72.8 Å². The summed E-state index contributed by atoms with van der Waals surface area (Å²) in [4.78, 5) is 2.58. The van der Waals surface area contributed by atoms with Crippen molar-refractivity contribution >= 4 is 23.2 Å². The second kappa shape index (κ2) is 12.0. The zero-order valence-corrected chi connectivity index (χ0v) is 21.8. The van der Waals surface area contributed by atoms with Gasteiger partial charge in [-0.1, -0.05) is 102 Å². The van der Waals surface area contributed by atoms with E-state index in [9.17, 15) is 0 Å². The molecule has 1 heterocycles. The molecule has 2 nitrogen and oxygen atoms in total. The van der Waals surface area contributed by atoms with Crippen LogP contribution in [0.4, 0.5) is 0 Å². The van der Waals surface area contributed by atoms with Gasteiger partial charge in [0.25, 0.3) is 0 Å². The Balaban J connectivity index is 1.16. The number of halogens is 2. The molecule has 0 aromatic heterocycles. The van der Waals surface area contributed by atoms with E-state index in [-0.39, 0.29) is 0 Å². The van der Waals surface area contributed by atoms with Crippen LogP contribution in [0, 0.1) is 5.92 Å². The van der Waals surface area contributed by atoms with Crippen molar-refractivity contribution in [2.24, 2.45) is 5.92 Å². The summed E-state index contributed by atoms with van der Waals surface area (Å²) < 4.78 is 5.94. The minimum absolute atomic E-state index is 0.423. The number of nitrogens with zero attached hydrogens (tertiary/aromatic N) is 1. The number of ether oxygens (including phenoxy) is 1. The quantitative estimate of drug-likeness (QED) is 0.232. The Labute approximate surface area is 224 Å². The molecule has 0 bridgehead atoms. The lowest BCUT2D eigenvalue weighted by Gasteiger charge is -2.36. The molecule has 0 atom stereocenters. The maximum absolute atomic E-state index is 6.26. The highest BCUT2D eigenvalue weighted by Crippen LogP contribution is 2.38. The number of hydrogen-bond donors (Lipinski definition) is 0. The van der Waals surface area contributed by atoms with E-state index in [1.54, 1.807) is 6.07 Å². The van der Waals surface area contributed by atoms with Gasteiger partial charge in [0.15, 0.2) is 0 Å². The Hall–Kier alpha value is -2.78. The van der Waals surface area contributed by atoms with E-state index in [0.29, 0.717) is 28.5 Å². The lowest BCUT2D eigenvalue weighted by molar-refractivity contribution is 0.168. The van der Waals surface area contributed by atoms with E-state index in [1.807, 2.05) is 24.3 Å². The van der Waals surface area contributed by atoms with Crippen molar-refractivity contribution in [3.8, 4) is 5.75 Å². The molecule has 4 heteroatoms. The Morgan fingerprint density at radius 1 is 0.750 bits per heavy atom. The fourth-order valence-electron chi connectivity index (χ4n) is 5.25. The first-order chi connectivity index (χ1) is 17.7. The van der Waals surface area contributed by atoms with E-state index >= 15 is 0 Å². The van der Waals surface area contributed by atoms with E-state index in [1.165, 1.54) is 29.5 Å². The Kier molecular flexibility index (Phi) is 8.28. The van der Waals surface area contributed by atoms with Gasteiger partial charge in [0, 0.05) is 28.1 Å². The summed E-state index contributed by atoms with van der Waals surface area (Å²) in [5, 5.41) is 1.26. The van der Waals surface area contributed by atoms with Gasteiger partial charge in [0.05, 0.1) is 0 Å². The van der Waals surface area contributed by atoms with E-state index < -0.39 is 0 Å². The fraction of sp³-hybridized carbons (Fsp3) is 0.250. The molecule has 1 fully saturated rings. The largest absolute Gasteiger partial charge is 0.489 e. The van der Waals surface area contributed by atoms with Crippen molar-refractivity contribution in [2.45, 2.75) is 31.9 Å². The molecule has 0 N–H and O–H groups in total. The van der Waals surface area contributed by atoms with Gasteiger partial charge >= 0.3 is 0 Å². The van der Waals surface area contributed by atoms with E-state index in [0.717, 1.165) is 30.9 Å². The van der Waals surface area contributed by atoms with Crippen LogP contribution in [-0.4, -0.2) is 18.0 Å². The summed E-state index contributed by atoms with van der Waals surface area (Å²) in [6, 6.07) is 35.9. The zero-order valence-electron chi connectivity index (χ0n) is 20.3. The highest BCUT2D eigenvalue weighted by molar-refractivity contribution is 6.35. The second-order valence-electron chi connectivity index (χ2n) is 9.58. The Morgan fingerprint density at radius 2 is 1.36 bits per heavy atom. The second-order valence-corrected chi connectivity index (χ2v) is 10.4. The summed E-state index contributed by atoms with van der Waals surface area (Å²) in [6.07, 6.45) is 2.41. The first kappa shape index (κ1) is 24.9. The molecule has 0 saturated carbocycles. The van der Waals surface area contributed by atoms with Crippen LogP contribution in [0.25, 0.3) is 0 Å². The van der Waals surface area contributed by atoms with Crippen molar-refractivity contribution in [2.75, 3.05) is 13.1 Å². The van der Waals surface area contributed by atoms with Gasteiger partial charge in [0.2, 0.25) is 0 Å². The van der Waals surface area contributed by atoms with Crippen molar-refractivity contribution in [1.82, 2.24) is 4.90 Å². The number of hydrogen-bond acceptors (Lipinski definition) is 2. The molecule has 4 aromatic carbocycles. The maximum atomic E-state index is 6.26. The van der Waals surface area contributed by atoms with Gasteiger partial charge in [-0.3, -0.25) is 4.90 Å². The van der Waals surface area contributed by atoms with Crippen molar-refractivity contribution in [3.63, 3.8) is 0 Å². The fourth-order valence-corrected chi connectivity index (χ4v) is 5.71. The van der Waals surface area contributed by atoms with Crippen molar-refractivity contribution < 1.29 is 4.74 Å². The molecule has 0 aliphatic carbocycles. The molecule has 184 valence electrons. The molecule has 0 amide bonds. The third kappa shape index (κ3) is 6.31. The predicted molar refractivity (Wildman–Crippen MR) is 150 cm³/mol. The van der Waals surface area contributed by atoms with Crippen molar-refractivity contribution in [1.29, 1.82) is 0 Å². The number of benzene rings is 4. The predicted octanol–water partition coefficient (Wildman–Crippen LogP) is 8.62. The third-order valence-electron chi connectivity index (χ3n) is 7.16. The lowest BCUT2D eigenvalue weighted by atomic mass is 9.76. The van der Waals surface area contributed by atoms with Crippen LogP contribution in [0.1, 0.15) is 41.0 Å². The summed E-state index contributed by atoms with van der Waals surface area (Å²) >= 11 is 12.2. The standard InChI is InChI=1S/C32H31Cl2NO/c33-29-14-13-28(31(34)21-29)23-36-30-15-11-24(12-16-30)22-35-19-17-27(18-20-35)32(25-7-3-1-4-8-25)26-9-5-2-6-10-26/h1-16,21,27,32H,17-20,22-23H2. The summed E-state index contributed by atoms with van der Waals surface area (Å²) in [7, 11) is 0. The monoisotopic (exact) mass is 515 g/mol. The van der Waals surface area contributed by atoms with E-state index in [4.69, 9.17) is 27.9 Å². The summed E-state index contributed by atoms with van der Waals surface area (Å²) in [5.41, 5.74) is 5.10.